The Morgan fingerprint density at radius 2 is 2.31 bits per heavy atom. The number of alkyl halides is 1. The molecule has 0 saturated carbocycles. The highest BCUT2D eigenvalue weighted by Crippen LogP contribution is 2.19. The fourth-order valence-electron chi connectivity index (χ4n) is 1.35. The van der Waals surface area contributed by atoms with Gasteiger partial charge in [-0.1, -0.05) is 18.2 Å². The molecular weight excluding hydrogens is 228 g/mol. The number of benzene rings is 1. The van der Waals surface area contributed by atoms with Crippen LogP contribution in [0.1, 0.15) is 11.1 Å². The van der Waals surface area contributed by atoms with Crippen molar-refractivity contribution >= 4 is 23.6 Å². The van der Waals surface area contributed by atoms with Crippen LogP contribution in [0.3, 0.4) is 0 Å². The van der Waals surface area contributed by atoms with Gasteiger partial charge < -0.3 is 9.84 Å². The van der Waals surface area contributed by atoms with E-state index in [1.165, 1.54) is 0 Å². The van der Waals surface area contributed by atoms with E-state index in [1.807, 2.05) is 0 Å². The van der Waals surface area contributed by atoms with Gasteiger partial charge in [0.2, 0.25) is 0 Å². The summed E-state index contributed by atoms with van der Waals surface area (Å²) in [5, 5.41) is 8.76. The van der Waals surface area contributed by atoms with Crippen LogP contribution < -0.4 is 4.74 Å². The van der Waals surface area contributed by atoms with Crippen molar-refractivity contribution in [3.05, 3.63) is 35.4 Å². The molecule has 1 aromatic rings. The van der Waals surface area contributed by atoms with E-state index in [2.05, 4.69) is 0 Å². The molecule has 0 aliphatic carbocycles. The maximum atomic E-state index is 10.7. The summed E-state index contributed by atoms with van der Waals surface area (Å²) in [6.07, 6.45) is 3.56. The van der Waals surface area contributed by atoms with Gasteiger partial charge in [0, 0.05) is 5.88 Å². The summed E-state index contributed by atoms with van der Waals surface area (Å²) >= 11 is 5.55. The minimum absolute atomic E-state index is 0.00798. The molecule has 0 radical (unpaired) electrons. The maximum Gasteiger partial charge on any atom is 0.307 e. The number of halogens is 1. The second kappa shape index (κ2) is 6.18. The first-order valence-corrected chi connectivity index (χ1v) is 5.32. The molecule has 3 nitrogen and oxygen atoms in total. The Bertz CT molecular complexity index is 399. The quantitative estimate of drug-likeness (QED) is 0.805. The molecule has 1 rings (SSSR count). The maximum absolute atomic E-state index is 10.7. The predicted octanol–water partition coefficient (Wildman–Crippen LogP) is 2.57. The Morgan fingerprint density at radius 3 is 2.88 bits per heavy atom. The van der Waals surface area contributed by atoms with Gasteiger partial charge in [0.25, 0.3) is 0 Å². The van der Waals surface area contributed by atoms with Crippen LogP contribution >= 0.6 is 11.6 Å². The van der Waals surface area contributed by atoms with E-state index in [4.69, 9.17) is 21.4 Å². The molecule has 0 saturated heterocycles. The topological polar surface area (TPSA) is 46.5 Å². The molecule has 0 aliphatic heterocycles. The largest absolute Gasteiger partial charge is 0.497 e. The summed E-state index contributed by atoms with van der Waals surface area (Å²) in [6, 6.07) is 5.29. The van der Waals surface area contributed by atoms with Crippen LogP contribution in [0.15, 0.2) is 24.3 Å². The number of rotatable bonds is 5. The summed E-state index contributed by atoms with van der Waals surface area (Å²) in [4.78, 5) is 10.7. The molecule has 0 amide bonds. The summed E-state index contributed by atoms with van der Waals surface area (Å²) in [5.41, 5.74) is 1.57. The summed E-state index contributed by atoms with van der Waals surface area (Å²) in [7, 11) is 1.57. The fraction of sp³-hybridized carbons (Fsp3) is 0.250. The van der Waals surface area contributed by atoms with Crippen molar-refractivity contribution in [2.45, 2.75) is 6.42 Å². The minimum Gasteiger partial charge on any atom is -0.497 e. The lowest BCUT2D eigenvalue weighted by atomic mass is 10.0. The van der Waals surface area contributed by atoms with E-state index >= 15 is 0 Å². The average Bonchev–Trinajstić information content (AvgIpc) is 2.27. The average molecular weight is 241 g/mol. The van der Waals surface area contributed by atoms with Crippen LogP contribution in [-0.4, -0.2) is 24.1 Å². The number of hydrogen-bond acceptors (Lipinski definition) is 2. The zero-order valence-corrected chi connectivity index (χ0v) is 9.70. The number of allylic oxidation sites excluding steroid dienone is 1. The number of ether oxygens (including phenoxy) is 1. The molecule has 1 N–H and O–H groups in total. The number of carbonyl (C=O) groups is 1. The molecule has 0 atom stereocenters. The minimum atomic E-state index is -0.856. The van der Waals surface area contributed by atoms with Gasteiger partial charge in [0.15, 0.2) is 0 Å². The second-order valence-corrected chi connectivity index (χ2v) is 3.50. The zero-order chi connectivity index (χ0) is 12.0. The molecule has 0 aliphatic rings. The van der Waals surface area contributed by atoms with Gasteiger partial charge in [-0.2, -0.15) is 0 Å². The van der Waals surface area contributed by atoms with Crippen LogP contribution in [0.2, 0.25) is 0 Å². The summed E-state index contributed by atoms with van der Waals surface area (Å²) < 4.78 is 5.08. The Hall–Kier alpha value is -1.48. The molecule has 4 heteroatoms. The Kier molecular flexibility index (Phi) is 4.86. The number of methoxy groups -OCH3 is 1. The summed E-state index contributed by atoms with van der Waals surface area (Å²) in [6.45, 7) is 0. The van der Waals surface area contributed by atoms with E-state index in [1.54, 1.807) is 37.5 Å². The third kappa shape index (κ3) is 3.59. The Labute approximate surface area is 99.3 Å². The molecule has 86 valence electrons. The van der Waals surface area contributed by atoms with Gasteiger partial charge in [-0.3, -0.25) is 4.79 Å². The monoisotopic (exact) mass is 240 g/mol. The van der Waals surface area contributed by atoms with Crippen molar-refractivity contribution in [2.75, 3.05) is 13.0 Å². The normalized spacial score (nSPS) is 10.6. The lowest BCUT2D eigenvalue weighted by molar-refractivity contribution is -0.136. The molecule has 0 spiro atoms. The Morgan fingerprint density at radius 1 is 1.56 bits per heavy atom. The van der Waals surface area contributed by atoms with Crippen LogP contribution in [0.4, 0.5) is 0 Å². The molecule has 0 bridgehead atoms. The van der Waals surface area contributed by atoms with Gasteiger partial charge in [-0.05, 0) is 23.3 Å². The van der Waals surface area contributed by atoms with Gasteiger partial charge in [0.1, 0.15) is 5.75 Å². The van der Waals surface area contributed by atoms with Crippen LogP contribution in [0.25, 0.3) is 6.08 Å². The molecule has 0 aromatic heterocycles. The molecule has 0 unspecified atom stereocenters. The first kappa shape index (κ1) is 12.6. The third-order valence-electron chi connectivity index (χ3n) is 2.08. The van der Waals surface area contributed by atoms with E-state index in [0.29, 0.717) is 11.6 Å². The van der Waals surface area contributed by atoms with Crippen molar-refractivity contribution in [1.82, 2.24) is 0 Å². The predicted molar refractivity (Wildman–Crippen MR) is 64.1 cm³/mol. The molecule has 0 heterocycles. The van der Waals surface area contributed by atoms with Gasteiger partial charge in [-0.15, -0.1) is 11.6 Å². The lowest BCUT2D eigenvalue weighted by Gasteiger charge is -2.06. The first-order valence-electron chi connectivity index (χ1n) is 4.78. The molecule has 0 fully saturated rings. The number of carboxylic acid groups (broad SMARTS) is 1. The van der Waals surface area contributed by atoms with Crippen molar-refractivity contribution < 1.29 is 14.6 Å². The van der Waals surface area contributed by atoms with Gasteiger partial charge in [-0.25, -0.2) is 0 Å². The van der Waals surface area contributed by atoms with Crippen LogP contribution in [0.5, 0.6) is 5.75 Å². The van der Waals surface area contributed by atoms with Gasteiger partial charge >= 0.3 is 5.97 Å². The highest BCUT2D eigenvalue weighted by Gasteiger charge is 2.06. The highest BCUT2D eigenvalue weighted by molar-refractivity contribution is 6.19. The van der Waals surface area contributed by atoms with Crippen molar-refractivity contribution in [2.24, 2.45) is 0 Å². The first-order chi connectivity index (χ1) is 7.67. The van der Waals surface area contributed by atoms with E-state index in [-0.39, 0.29) is 6.42 Å². The van der Waals surface area contributed by atoms with Gasteiger partial charge in [0.05, 0.1) is 13.5 Å². The van der Waals surface area contributed by atoms with Crippen molar-refractivity contribution in [1.29, 1.82) is 0 Å². The summed E-state index contributed by atoms with van der Waals surface area (Å²) in [5.74, 6) is 0.234. The second-order valence-electron chi connectivity index (χ2n) is 3.19. The fourth-order valence-corrected chi connectivity index (χ4v) is 1.44. The molecular formula is C12H13ClO3. The number of aliphatic carboxylic acids is 1. The van der Waals surface area contributed by atoms with Crippen LogP contribution in [-0.2, 0) is 11.2 Å². The smallest absolute Gasteiger partial charge is 0.307 e. The third-order valence-corrected chi connectivity index (χ3v) is 2.26. The standard InChI is InChI=1S/C12H13ClO3/c1-16-11-5-4-10(8-12(14)15)9(7-11)3-2-6-13/h2-5,7H,6,8H2,1H3,(H,14,15). The van der Waals surface area contributed by atoms with E-state index in [0.717, 1.165) is 11.1 Å². The lowest BCUT2D eigenvalue weighted by Crippen LogP contribution is -2.02. The van der Waals surface area contributed by atoms with E-state index in [9.17, 15) is 4.79 Å². The van der Waals surface area contributed by atoms with E-state index < -0.39 is 5.97 Å². The number of hydrogen-bond donors (Lipinski definition) is 1. The van der Waals surface area contributed by atoms with Crippen LogP contribution in [0, 0.1) is 0 Å². The highest BCUT2D eigenvalue weighted by atomic mass is 35.5. The zero-order valence-electron chi connectivity index (χ0n) is 8.94. The number of carboxylic acids is 1. The van der Waals surface area contributed by atoms with Crippen molar-refractivity contribution in [3.63, 3.8) is 0 Å². The SMILES string of the molecule is COc1ccc(CC(=O)O)c(C=CCCl)c1. The Balaban J connectivity index is 3.05. The van der Waals surface area contributed by atoms with Crippen molar-refractivity contribution in [3.8, 4) is 5.75 Å². The molecule has 16 heavy (non-hydrogen) atoms. The molecule has 1 aromatic carbocycles.